The lowest BCUT2D eigenvalue weighted by atomic mass is 10.3. The predicted octanol–water partition coefficient (Wildman–Crippen LogP) is 4.58. The first-order valence-corrected chi connectivity index (χ1v) is 6.37. The van der Waals surface area contributed by atoms with Crippen LogP contribution in [0.2, 0.25) is 5.02 Å². The van der Waals surface area contributed by atoms with E-state index in [0.29, 0.717) is 10.7 Å². The highest BCUT2D eigenvalue weighted by Crippen LogP contribution is 2.34. The first-order chi connectivity index (χ1) is 8.65. The second kappa shape index (κ2) is 5.80. The van der Waals surface area contributed by atoms with E-state index in [1.54, 1.807) is 18.2 Å². The Morgan fingerprint density at radius 3 is 2.56 bits per heavy atom. The average Bonchev–Trinajstić information content (AvgIpc) is 2.33. The van der Waals surface area contributed by atoms with Gasteiger partial charge < -0.3 is 5.11 Å². The van der Waals surface area contributed by atoms with E-state index >= 15 is 0 Å². The third-order valence-electron chi connectivity index (χ3n) is 2.15. The van der Waals surface area contributed by atoms with Gasteiger partial charge in [0.1, 0.15) is 0 Å². The lowest BCUT2D eigenvalue weighted by Gasteiger charge is -2.09. The highest BCUT2D eigenvalue weighted by Gasteiger charge is 2.07. The summed E-state index contributed by atoms with van der Waals surface area (Å²) in [5.74, 6) is 0. The Hall–Kier alpha value is -1.65. The zero-order chi connectivity index (χ0) is 13.0. The molecule has 2 aromatic carbocycles. The molecule has 0 aliphatic rings. The molecule has 0 saturated carbocycles. The number of hydrogen-bond acceptors (Lipinski definition) is 2. The van der Waals surface area contributed by atoms with Crippen LogP contribution in [-0.4, -0.2) is 11.2 Å². The molecule has 2 N–H and O–H groups in total. The van der Waals surface area contributed by atoms with Gasteiger partial charge in [0.2, 0.25) is 0 Å². The molecule has 2 aromatic rings. The van der Waals surface area contributed by atoms with E-state index in [4.69, 9.17) is 16.7 Å². The van der Waals surface area contributed by atoms with E-state index in [1.165, 1.54) is 11.8 Å². The maximum Gasteiger partial charge on any atom is 0.409 e. The molecule has 0 aliphatic heterocycles. The number of hydrogen-bond donors (Lipinski definition) is 2. The largest absolute Gasteiger partial charge is 0.465 e. The van der Waals surface area contributed by atoms with Crippen LogP contribution in [0.25, 0.3) is 0 Å². The monoisotopic (exact) mass is 279 g/mol. The van der Waals surface area contributed by atoms with Crippen molar-refractivity contribution in [1.82, 2.24) is 0 Å². The van der Waals surface area contributed by atoms with Crippen molar-refractivity contribution in [3.8, 4) is 0 Å². The number of amides is 1. The molecule has 0 fully saturated rings. The average molecular weight is 280 g/mol. The molecule has 0 aliphatic carbocycles. The smallest absolute Gasteiger partial charge is 0.409 e. The number of carboxylic acid groups (broad SMARTS) is 1. The van der Waals surface area contributed by atoms with Gasteiger partial charge in [-0.2, -0.15) is 0 Å². The van der Waals surface area contributed by atoms with Gasteiger partial charge in [-0.25, -0.2) is 4.79 Å². The summed E-state index contributed by atoms with van der Waals surface area (Å²) in [6, 6.07) is 14.9. The van der Waals surface area contributed by atoms with Crippen LogP contribution in [0.4, 0.5) is 10.5 Å². The molecule has 2 rings (SSSR count). The molecule has 0 saturated heterocycles. The van der Waals surface area contributed by atoms with Crippen molar-refractivity contribution in [2.75, 3.05) is 5.32 Å². The topological polar surface area (TPSA) is 49.3 Å². The number of rotatable bonds is 3. The summed E-state index contributed by atoms with van der Waals surface area (Å²) in [6.07, 6.45) is -1.10. The number of halogens is 1. The molecule has 0 unspecified atom stereocenters. The summed E-state index contributed by atoms with van der Waals surface area (Å²) in [4.78, 5) is 12.6. The first kappa shape index (κ1) is 12.8. The molecule has 0 bridgehead atoms. The highest BCUT2D eigenvalue weighted by atomic mass is 35.5. The van der Waals surface area contributed by atoms with E-state index in [9.17, 15) is 4.79 Å². The van der Waals surface area contributed by atoms with Crippen molar-refractivity contribution < 1.29 is 9.90 Å². The lowest BCUT2D eigenvalue weighted by Crippen LogP contribution is -2.07. The lowest BCUT2D eigenvalue weighted by molar-refractivity contribution is 0.209. The normalized spacial score (nSPS) is 10.1. The van der Waals surface area contributed by atoms with Gasteiger partial charge in [0.25, 0.3) is 0 Å². The summed E-state index contributed by atoms with van der Waals surface area (Å²) >= 11 is 7.34. The fraction of sp³-hybridized carbons (Fsp3) is 0. The Kier molecular flexibility index (Phi) is 4.12. The number of benzene rings is 2. The van der Waals surface area contributed by atoms with Crippen LogP contribution in [0.1, 0.15) is 0 Å². The quantitative estimate of drug-likeness (QED) is 0.864. The minimum atomic E-state index is -1.10. The minimum Gasteiger partial charge on any atom is -0.465 e. The summed E-state index contributed by atoms with van der Waals surface area (Å²) in [5.41, 5.74) is 0.490. The molecule has 0 radical (unpaired) electrons. The zero-order valence-electron chi connectivity index (χ0n) is 9.26. The van der Waals surface area contributed by atoms with Gasteiger partial charge in [0.05, 0.1) is 5.69 Å². The third-order valence-corrected chi connectivity index (χ3v) is 3.47. The van der Waals surface area contributed by atoms with E-state index in [2.05, 4.69) is 5.32 Å². The van der Waals surface area contributed by atoms with E-state index in [1.807, 2.05) is 30.3 Å². The Bertz CT molecular complexity index is 560. The second-order valence-corrected chi connectivity index (χ2v) is 5.04. The summed E-state index contributed by atoms with van der Waals surface area (Å²) in [5, 5.41) is 11.6. The fourth-order valence-electron chi connectivity index (χ4n) is 1.42. The van der Waals surface area contributed by atoms with Crippen LogP contribution in [0.3, 0.4) is 0 Å². The van der Waals surface area contributed by atoms with E-state index in [0.717, 1.165) is 9.79 Å². The second-order valence-electron chi connectivity index (χ2n) is 3.49. The van der Waals surface area contributed by atoms with Crippen LogP contribution >= 0.6 is 23.4 Å². The molecular formula is C13H10ClNO2S. The van der Waals surface area contributed by atoms with Crippen LogP contribution < -0.4 is 5.32 Å². The molecular weight excluding hydrogens is 270 g/mol. The number of carbonyl (C=O) groups is 1. The van der Waals surface area contributed by atoms with Crippen molar-refractivity contribution >= 4 is 35.1 Å². The molecule has 18 heavy (non-hydrogen) atoms. The van der Waals surface area contributed by atoms with Gasteiger partial charge >= 0.3 is 6.09 Å². The summed E-state index contributed by atoms with van der Waals surface area (Å²) in [6.45, 7) is 0. The molecule has 3 nitrogen and oxygen atoms in total. The van der Waals surface area contributed by atoms with Crippen LogP contribution in [0, 0.1) is 0 Å². The minimum absolute atomic E-state index is 0.490. The van der Waals surface area contributed by atoms with Crippen LogP contribution in [-0.2, 0) is 0 Å². The van der Waals surface area contributed by atoms with Crippen molar-refractivity contribution in [1.29, 1.82) is 0 Å². The van der Waals surface area contributed by atoms with Gasteiger partial charge in [-0.05, 0) is 30.3 Å². The van der Waals surface area contributed by atoms with Crippen LogP contribution in [0.5, 0.6) is 0 Å². The van der Waals surface area contributed by atoms with E-state index < -0.39 is 6.09 Å². The molecule has 0 aromatic heterocycles. The molecule has 1 amide bonds. The Morgan fingerprint density at radius 2 is 1.89 bits per heavy atom. The van der Waals surface area contributed by atoms with Crippen molar-refractivity contribution in [2.45, 2.75) is 9.79 Å². The Labute approximate surface area is 114 Å². The molecule has 92 valence electrons. The van der Waals surface area contributed by atoms with E-state index in [-0.39, 0.29) is 0 Å². The Morgan fingerprint density at radius 1 is 1.17 bits per heavy atom. The Balaban J connectivity index is 2.29. The third kappa shape index (κ3) is 3.42. The standard InChI is InChI=1S/C13H10ClNO2S/c14-9-6-7-12(11(8-9)15-13(16)17)18-10-4-2-1-3-5-10/h1-8,15H,(H,16,17). The SMILES string of the molecule is O=C(O)Nc1cc(Cl)ccc1Sc1ccccc1. The highest BCUT2D eigenvalue weighted by molar-refractivity contribution is 7.99. The zero-order valence-corrected chi connectivity index (χ0v) is 10.8. The summed E-state index contributed by atoms with van der Waals surface area (Å²) < 4.78 is 0. The number of anilines is 1. The van der Waals surface area contributed by atoms with Crippen molar-refractivity contribution in [3.63, 3.8) is 0 Å². The molecule has 0 heterocycles. The number of nitrogens with one attached hydrogen (secondary N) is 1. The summed E-state index contributed by atoms with van der Waals surface area (Å²) in [7, 11) is 0. The molecule has 5 heteroatoms. The van der Waals surface area contributed by atoms with Gasteiger partial charge in [-0.3, -0.25) is 5.32 Å². The van der Waals surface area contributed by atoms with Gasteiger partial charge in [-0.15, -0.1) is 0 Å². The van der Waals surface area contributed by atoms with Gasteiger partial charge in [-0.1, -0.05) is 41.6 Å². The fourth-order valence-corrected chi connectivity index (χ4v) is 2.49. The van der Waals surface area contributed by atoms with Gasteiger partial charge in [0.15, 0.2) is 0 Å². The molecule has 0 spiro atoms. The van der Waals surface area contributed by atoms with Crippen LogP contribution in [0.15, 0.2) is 58.3 Å². The van der Waals surface area contributed by atoms with Crippen molar-refractivity contribution in [2.24, 2.45) is 0 Å². The molecule has 0 atom stereocenters. The van der Waals surface area contributed by atoms with Crippen molar-refractivity contribution in [3.05, 3.63) is 53.6 Å². The van der Waals surface area contributed by atoms with Gasteiger partial charge in [0, 0.05) is 14.8 Å². The first-order valence-electron chi connectivity index (χ1n) is 5.17. The predicted molar refractivity (Wildman–Crippen MR) is 73.7 cm³/mol. The maximum absolute atomic E-state index is 10.7. The maximum atomic E-state index is 10.7.